The molecule has 5 nitrogen and oxygen atoms in total. The maximum absolute atomic E-state index is 11.0. The molecule has 6 heteroatoms. The van der Waals surface area contributed by atoms with Gasteiger partial charge in [0.25, 0.3) is 0 Å². The Kier molecular flexibility index (Phi) is 0.735. The molecule has 3 saturated heterocycles. The fourth-order valence-electron chi connectivity index (χ4n) is 1.09. The van der Waals surface area contributed by atoms with Crippen LogP contribution in [-0.2, 0) is 22.9 Å². The lowest BCUT2D eigenvalue weighted by atomic mass is 10.3. The minimum Gasteiger partial charge on any atom is -0.440 e. The van der Waals surface area contributed by atoms with Gasteiger partial charge >= 0.3 is 13.8 Å². The van der Waals surface area contributed by atoms with Crippen LogP contribution < -0.4 is 0 Å². The Balaban J connectivity index is 2.14. The number of hydrogen-bond donors (Lipinski definition) is 0. The topological polar surface area (TPSA) is 54.0 Å². The number of ether oxygens (including phenoxy) is 1. The quantitative estimate of drug-likeness (QED) is 0.517. The lowest BCUT2D eigenvalue weighted by molar-refractivity contribution is -0.294. The van der Waals surface area contributed by atoms with E-state index in [0.717, 1.165) is 0 Å². The van der Waals surface area contributed by atoms with Gasteiger partial charge in [-0.2, -0.15) is 9.05 Å². The fraction of sp³-hybridized carbons (Fsp3) is 0.200. The van der Waals surface area contributed by atoms with E-state index >= 15 is 0 Å². The molecule has 2 bridgehead atoms. The molecule has 0 N–H and O–H groups in total. The van der Waals surface area contributed by atoms with Gasteiger partial charge in [-0.15, -0.1) is 0 Å². The van der Waals surface area contributed by atoms with Gasteiger partial charge in [0.05, 0.1) is 6.26 Å². The number of phosphoric ester groups is 1. The van der Waals surface area contributed by atoms with Crippen LogP contribution in [-0.4, -0.2) is 5.97 Å². The van der Waals surface area contributed by atoms with E-state index in [1.165, 1.54) is 6.26 Å². The van der Waals surface area contributed by atoms with Gasteiger partial charge in [-0.1, -0.05) is 0 Å². The molecule has 0 aromatic rings. The summed E-state index contributed by atoms with van der Waals surface area (Å²) in [6.07, 6.45) is 4.60. The SMILES string of the molecule is O=P12OC3=CC=COC3(O1)O2. The molecular weight excluding hydrogens is 171 g/mol. The first-order valence-corrected chi connectivity index (χ1v) is 4.45. The van der Waals surface area contributed by atoms with Gasteiger partial charge < -0.3 is 9.26 Å². The van der Waals surface area contributed by atoms with E-state index < -0.39 is 13.8 Å². The normalized spacial score (nSPS) is 50.0. The van der Waals surface area contributed by atoms with Crippen LogP contribution in [0.1, 0.15) is 0 Å². The number of phosphoric acid groups is 1. The molecule has 1 spiro atoms. The van der Waals surface area contributed by atoms with Gasteiger partial charge in [0, 0.05) is 0 Å². The fourth-order valence-corrected chi connectivity index (χ4v) is 2.45. The van der Waals surface area contributed by atoms with Crippen molar-refractivity contribution in [2.45, 2.75) is 5.97 Å². The molecule has 0 aliphatic carbocycles. The third-order valence-electron chi connectivity index (χ3n) is 1.53. The summed E-state index contributed by atoms with van der Waals surface area (Å²) in [5, 5.41) is 0. The van der Waals surface area contributed by atoms with Crippen molar-refractivity contribution in [2.75, 3.05) is 0 Å². The first-order valence-electron chi connectivity index (χ1n) is 2.99. The summed E-state index contributed by atoms with van der Waals surface area (Å²) < 4.78 is 30.4. The van der Waals surface area contributed by atoms with E-state index in [9.17, 15) is 4.57 Å². The van der Waals surface area contributed by atoms with Crippen LogP contribution in [0.25, 0.3) is 0 Å². The summed E-state index contributed by atoms with van der Waals surface area (Å²) in [5.74, 6) is -0.993. The van der Waals surface area contributed by atoms with Crippen molar-refractivity contribution < 1.29 is 22.9 Å². The van der Waals surface area contributed by atoms with Gasteiger partial charge in [-0.05, 0) is 12.2 Å². The number of rotatable bonds is 0. The summed E-state index contributed by atoms with van der Waals surface area (Å²) in [6, 6.07) is 0. The minimum atomic E-state index is -3.25. The molecule has 4 heterocycles. The maximum Gasteiger partial charge on any atom is 0.541 e. The average Bonchev–Trinajstić information content (AvgIpc) is 2.33. The Labute approximate surface area is 61.8 Å². The Morgan fingerprint density at radius 3 is 3.00 bits per heavy atom. The number of allylic oxidation sites excluding steroid dienone is 2. The second-order valence-electron chi connectivity index (χ2n) is 2.25. The van der Waals surface area contributed by atoms with E-state index in [2.05, 4.69) is 0 Å². The van der Waals surface area contributed by atoms with Crippen molar-refractivity contribution in [3.63, 3.8) is 0 Å². The van der Waals surface area contributed by atoms with Crippen LogP contribution >= 0.6 is 7.82 Å². The summed E-state index contributed by atoms with van der Waals surface area (Å²) >= 11 is 0. The Hall–Kier alpha value is -0.770. The Morgan fingerprint density at radius 2 is 2.27 bits per heavy atom. The molecule has 4 aliphatic heterocycles. The van der Waals surface area contributed by atoms with Crippen molar-refractivity contribution in [3.05, 3.63) is 24.2 Å². The highest BCUT2D eigenvalue weighted by Gasteiger charge is 2.73. The van der Waals surface area contributed by atoms with Crippen molar-refractivity contribution in [3.8, 4) is 0 Å². The predicted octanol–water partition coefficient (Wildman–Crippen LogP) is 1.25. The van der Waals surface area contributed by atoms with Crippen molar-refractivity contribution in [1.82, 2.24) is 0 Å². The molecular formula is C5H3O5P. The predicted molar refractivity (Wildman–Crippen MR) is 31.9 cm³/mol. The van der Waals surface area contributed by atoms with Crippen LogP contribution in [0.3, 0.4) is 0 Å². The zero-order chi connectivity index (χ0) is 7.53. The summed E-state index contributed by atoms with van der Waals surface area (Å²) in [7, 11) is -3.25. The molecule has 0 radical (unpaired) electrons. The third kappa shape index (κ3) is 0.528. The first-order chi connectivity index (χ1) is 5.23. The van der Waals surface area contributed by atoms with E-state index in [1.54, 1.807) is 12.2 Å². The van der Waals surface area contributed by atoms with Crippen LogP contribution in [0.5, 0.6) is 0 Å². The van der Waals surface area contributed by atoms with Gasteiger partial charge in [0.2, 0.25) is 5.76 Å². The van der Waals surface area contributed by atoms with Crippen molar-refractivity contribution >= 4 is 7.82 Å². The Bertz CT molecular complexity index is 320. The molecule has 0 aromatic heterocycles. The average molecular weight is 174 g/mol. The molecule has 4 aliphatic rings. The lowest BCUT2D eigenvalue weighted by Gasteiger charge is -2.30. The Morgan fingerprint density at radius 1 is 1.45 bits per heavy atom. The molecule has 0 saturated carbocycles. The smallest absolute Gasteiger partial charge is 0.440 e. The van der Waals surface area contributed by atoms with E-state index in [0.29, 0.717) is 5.76 Å². The standard InChI is InChI=1S/C5H3O5P/c6-11-8-4-2-1-3-7-5(4,9-11)10-11/h1-3H. The minimum absolute atomic E-state index is 0.323. The van der Waals surface area contributed by atoms with Gasteiger partial charge in [0.1, 0.15) is 0 Å². The third-order valence-corrected chi connectivity index (χ3v) is 2.87. The van der Waals surface area contributed by atoms with Crippen LogP contribution in [0.2, 0.25) is 0 Å². The molecule has 3 fully saturated rings. The highest BCUT2D eigenvalue weighted by atomic mass is 31.2. The molecule has 0 unspecified atom stereocenters. The zero-order valence-corrected chi connectivity index (χ0v) is 6.11. The monoisotopic (exact) mass is 174 g/mol. The summed E-state index contributed by atoms with van der Waals surface area (Å²) in [5.41, 5.74) is 0. The molecule has 11 heavy (non-hydrogen) atoms. The second-order valence-corrected chi connectivity index (χ2v) is 3.70. The van der Waals surface area contributed by atoms with Gasteiger partial charge in [0.15, 0.2) is 0 Å². The lowest BCUT2D eigenvalue weighted by Crippen LogP contribution is -2.39. The summed E-state index contributed by atoms with van der Waals surface area (Å²) in [6.45, 7) is 0. The molecule has 0 atom stereocenters. The van der Waals surface area contributed by atoms with Crippen LogP contribution in [0.4, 0.5) is 0 Å². The highest BCUT2D eigenvalue weighted by Crippen LogP contribution is 2.76. The maximum atomic E-state index is 11.0. The number of hydrogen-bond acceptors (Lipinski definition) is 5. The zero-order valence-electron chi connectivity index (χ0n) is 5.22. The van der Waals surface area contributed by atoms with Crippen LogP contribution in [0, 0.1) is 0 Å². The van der Waals surface area contributed by atoms with E-state index in [1.807, 2.05) is 0 Å². The molecule has 0 amide bonds. The van der Waals surface area contributed by atoms with Crippen molar-refractivity contribution in [2.24, 2.45) is 0 Å². The largest absolute Gasteiger partial charge is 0.541 e. The first kappa shape index (κ1) is 5.83. The highest BCUT2D eigenvalue weighted by molar-refractivity contribution is 7.50. The summed E-state index contributed by atoms with van der Waals surface area (Å²) in [4.78, 5) is 0. The molecule has 0 aromatic carbocycles. The molecule has 58 valence electrons. The van der Waals surface area contributed by atoms with E-state index in [-0.39, 0.29) is 0 Å². The van der Waals surface area contributed by atoms with Crippen LogP contribution in [0.15, 0.2) is 24.2 Å². The van der Waals surface area contributed by atoms with Crippen molar-refractivity contribution in [1.29, 1.82) is 0 Å². The van der Waals surface area contributed by atoms with Gasteiger partial charge in [-0.25, -0.2) is 4.57 Å². The molecule has 4 rings (SSSR count). The van der Waals surface area contributed by atoms with E-state index in [4.69, 9.17) is 18.3 Å². The second kappa shape index (κ2) is 1.39. The van der Waals surface area contributed by atoms with Gasteiger partial charge in [-0.3, -0.25) is 0 Å².